The van der Waals surface area contributed by atoms with Crippen molar-refractivity contribution in [2.75, 3.05) is 11.4 Å². The van der Waals surface area contributed by atoms with Crippen molar-refractivity contribution in [2.24, 2.45) is 0 Å². The summed E-state index contributed by atoms with van der Waals surface area (Å²) in [5, 5.41) is 0. The molecule has 1 aliphatic heterocycles. The molecule has 0 atom stereocenters. The highest BCUT2D eigenvalue weighted by Gasteiger charge is 2.28. The van der Waals surface area contributed by atoms with Gasteiger partial charge >= 0.3 is 0 Å². The van der Waals surface area contributed by atoms with Gasteiger partial charge in [-0.05, 0) is 30.3 Å². The van der Waals surface area contributed by atoms with E-state index < -0.39 is 0 Å². The quantitative estimate of drug-likeness (QED) is 0.751. The maximum Gasteiger partial charge on any atom is 0.234 e. The van der Waals surface area contributed by atoms with Crippen LogP contribution in [-0.4, -0.2) is 22.8 Å². The zero-order valence-corrected chi connectivity index (χ0v) is 9.74. The number of ketones is 1. The predicted molar refractivity (Wildman–Crippen MR) is 67.7 cm³/mol. The molecule has 1 amide bonds. The van der Waals surface area contributed by atoms with Crippen molar-refractivity contribution in [3.8, 4) is 5.69 Å². The van der Waals surface area contributed by atoms with Crippen LogP contribution >= 0.6 is 0 Å². The number of carbonyl (C=O) groups is 2. The highest BCUT2D eigenvalue weighted by atomic mass is 16.2. The molecule has 2 heterocycles. The van der Waals surface area contributed by atoms with E-state index in [-0.39, 0.29) is 24.7 Å². The van der Waals surface area contributed by atoms with E-state index in [0.717, 1.165) is 11.4 Å². The van der Waals surface area contributed by atoms with E-state index in [2.05, 4.69) is 0 Å². The molecule has 0 bridgehead atoms. The molecular weight excluding hydrogens is 228 g/mol. The molecule has 1 aromatic heterocycles. The van der Waals surface area contributed by atoms with Crippen LogP contribution in [0.15, 0.2) is 48.8 Å². The van der Waals surface area contributed by atoms with Gasteiger partial charge in [0.1, 0.15) is 0 Å². The van der Waals surface area contributed by atoms with Crippen molar-refractivity contribution in [1.29, 1.82) is 0 Å². The molecule has 2 aromatic rings. The number of nitrogens with zero attached hydrogens (tertiary/aromatic N) is 2. The first kappa shape index (κ1) is 10.8. The Kier molecular flexibility index (Phi) is 2.48. The van der Waals surface area contributed by atoms with Crippen LogP contribution in [0.5, 0.6) is 0 Å². The van der Waals surface area contributed by atoms with E-state index in [1.165, 1.54) is 4.90 Å². The number of aromatic nitrogens is 1. The lowest BCUT2D eigenvalue weighted by Gasteiger charge is -2.16. The average Bonchev–Trinajstić information content (AvgIpc) is 2.99. The van der Waals surface area contributed by atoms with E-state index >= 15 is 0 Å². The van der Waals surface area contributed by atoms with Crippen LogP contribution < -0.4 is 4.90 Å². The summed E-state index contributed by atoms with van der Waals surface area (Å²) in [6, 6.07) is 11.5. The van der Waals surface area contributed by atoms with Crippen LogP contribution in [0.2, 0.25) is 0 Å². The summed E-state index contributed by atoms with van der Waals surface area (Å²) in [6.07, 6.45) is 3.90. The summed E-state index contributed by atoms with van der Waals surface area (Å²) in [4.78, 5) is 24.5. The molecule has 1 saturated heterocycles. The average molecular weight is 240 g/mol. The first-order chi connectivity index (χ1) is 8.74. The van der Waals surface area contributed by atoms with Gasteiger partial charge in [0.15, 0.2) is 5.78 Å². The Morgan fingerprint density at radius 2 is 1.67 bits per heavy atom. The fraction of sp³-hybridized carbons (Fsp3) is 0.143. The molecular formula is C14H12N2O2. The second-order valence-corrected chi connectivity index (χ2v) is 4.31. The second kappa shape index (κ2) is 4.14. The van der Waals surface area contributed by atoms with Crippen LogP contribution in [-0.2, 0) is 9.59 Å². The van der Waals surface area contributed by atoms with Crippen LogP contribution in [0.4, 0.5) is 5.69 Å². The summed E-state index contributed by atoms with van der Waals surface area (Å²) in [5.74, 6) is -0.143. The number of hydrogen-bond donors (Lipinski definition) is 0. The maximum absolute atomic E-state index is 11.7. The lowest BCUT2D eigenvalue weighted by atomic mass is 10.2. The smallest absolute Gasteiger partial charge is 0.234 e. The number of anilines is 1. The first-order valence-electron chi connectivity index (χ1n) is 5.79. The molecule has 3 rings (SSSR count). The Morgan fingerprint density at radius 1 is 0.944 bits per heavy atom. The number of amides is 1. The van der Waals surface area contributed by atoms with Gasteiger partial charge in [-0.3, -0.25) is 9.59 Å². The van der Waals surface area contributed by atoms with Gasteiger partial charge in [0.05, 0.1) is 13.0 Å². The number of Topliss-reactive ketones (excluding diaryl/α,β-unsaturated/α-hetero) is 1. The van der Waals surface area contributed by atoms with Crippen LogP contribution in [0.1, 0.15) is 6.42 Å². The summed E-state index contributed by atoms with van der Waals surface area (Å²) in [7, 11) is 0. The zero-order valence-electron chi connectivity index (χ0n) is 9.74. The number of carbonyl (C=O) groups excluding carboxylic acids is 2. The van der Waals surface area contributed by atoms with Crippen LogP contribution in [0.3, 0.4) is 0 Å². The van der Waals surface area contributed by atoms with Gasteiger partial charge in [-0.25, -0.2) is 0 Å². The van der Waals surface area contributed by atoms with Crippen molar-refractivity contribution in [3.05, 3.63) is 48.8 Å². The third-order valence-electron chi connectivity index (χ3n) is 3.03. The molecule has 0 spiro atoms. The predicted octanol–water partition coefficient (Wildman–Crippen LogP) is 1.78. The number of hydrogen-bond acceptors (Lipinski definition) is 2. The van der Waals surface area contributed by atoms with Crippen molar-refractivity contribution in [2.45, 2.75) is 6.42 Å². The fourth-order valence-electron chi connectivity index (χ4n) is 2.15. The second-order valence-electron chi connectivity index (χ2n) is 4.31. The van der Waals surface area contributed by atoms with Gasteiger partial charge in [-0.15, -0.1) is 0 Å². The first-order valence-corrected chi connectivity index (χ1v) is 5.79. The van der Waals surface area contributed by atoms with Gasteiger partial charge in [0, 0.05) is 23.8 Å². The molecule has 4 heteroatoms. The molecule has 0 radical (unpaired) electrons. The Bertz CT molecular complexity index is 602. The lowest BCUT2D eigenvalue weighted by molar-refractivity contribution is -0.121. The van der Waals surface area contributed by atoms with Crippen LogP contribution in [0, 0.1) is 0 Å². The minimum absolute atomic E-state index is 0.0216. The van der Waals surface area contributed by atoms with E-state index in [4.69, 9.17) is 0 Å². The third kappa shape index (κ3) is 1.82. The number of benzene rings is 1. The Labute approximate surface area is 104 Å². The van der Waals surface area contributed by atoms with Gasteiger partial charge in [-0.1, -0.05) is 6.07 Å². The zero-order chi connectivity index (χ0) is 12.5. The van der Waals surface area contributed by atoms with E-state index in [9.17, 15) is 9.59 Å². The third-order valence-corrected chi connectivity index (χ3v) is 3.03. The monoisotopic (exact) mass is 240 g/mol. The molecule has 1 aromatic carbocycles. The topological polar surface area (TPSA) is 42.3 Å². The summed E-state index contributed by atoms with van der Waals surface area (Å²) >= 11 is 0. The molecule has 1 fully saturated rings. The maximum atomic E-state index is 11.7. The van der Waals surface area contributed by atoms with Crippen molar-refractivity contribution >= 4 is 17.4 Å². The fourth-order valence-corrected chi connectivity index (χ4v) is 2.15. The minimum Gasteiger partial charge on any atom is -0.324 e. The van der Waals surface area contributed by atoms with Gasteiger partial charge in [0.2, 0.25) is 5.91 Å². The highest BCUT2D eigenvalue weighted by molar-refractivity contribution is 6.15. The lowest BCUT2D eigenvalue weighted by Crippen LogP contribution is -2.24. The standard InChI is InChI=1S/C14H12N2O2/c17-13-9-14(18)16(10-13)12-5-3-4-11(8-12)15-6-1-2-7-15/h1-8H,9-10H2. The Morgan fingerprint density at radius 3 is 2.33 bits per heavy atom. The van der Waals surface area contributed by atoms with Gasteiger partial charge in [-0.2, -0.15) is 0 Å². The minimum atomic E-state index is -0.121. The molecule has 4 nitrogen and oxygen atoms in total. The van der Waals surface area contributed by atoms with E-state index in [1.54, 1.807) is 0 Å². The van der Waals surface area contributed by atoms with Crippen LogP contribution in [0.25, 0.3) is 5.69 Å². The molecule has 0 unspecified atom stereocenters. The van der Waals surface area contributed by atoms with E-state index in [1.807, 2.05) is 53.4 Å². The summed E-state index contributed by atoms with van der Waals surface area (Å²) < 4.78 is 1.96. The van der Waals surface area contributed by atoms with Crippen molar-refractivity contribution in [1.82, 2.24) is 4.57 Å². The Hall–Kier alpha value is -2.36. The van der Waals surface area contributed by atoms with Gasteiger partial charge < -0.3 is 9.47 Å². The molecule has 0 aliphatic carbocycles. The highest BCUT2D eigenvalue weighted by Crippen LogP contribution is 2.22. The van der Waals surface area contributed by atoms with Crippen molar-refractivity contribution < 1.29 is 9.59 Å². The normalized spacial score (nSPS) is 15.4. The SMILES string of the molecule is O=C1CC(=O)N(c2cccc(-n3cccc3)c2)C1. The summed E-state index contributed by atoms with van der Waals surface area (Å²) in [6.45, 7) is 0.188. The van der Waals surface area contributed by atoms with E-state index in [0.29, 0.717) is 0 Å². The largest absolute Gasteiger partial charge is 0.324 e. The Balaban J connectivity index is 1.97. The van der Waals surface area contributed by atoms with Crippen molar-refractivity contribution in [3.63, 3.8) is 0 Å². The summed E-state index contributed by atoms with van der Waals surface area (Å²) in [5.41, 5.74) is 1.75. The van der Waals surface area contributed by atoms with Gasteiger partial charge in [0.25, 0.3) is 0 Å². The molecule has 18 heavy (non-hydrogen) atoms. The molecule has 1 aliphatic rings. The number of rotatable bonds is 2. The molecule has 0 saturated carbocycles. The molecule has 0 N–H and O–H groups in total. The molecule has 90 valence electrons.